The molecule has 2 heterocycles. The van der Waals surface area contributed by atoms with Gasteiger partial charge in [0.2, 0.25) is 0 Å². The third-order valence-corrected chi connectivity index (χ3v) is 5.43. The number of anilines is 2. The molecule has 0 aliphatic heterocycles. The van der Waals surface area contributed by atoms with Crippen LogP contribution in [0.2, 0.25) is 0 Å². The van der Waals surface area contributed by atoms with E-state index in [1.54, 1.807) is 24.3 Å². The third kappa shape index (κ3) is 3.81. The lowest BCUT2D eigenvalue weighted by Gasteiger charge is -2.08. The molecule has 0 aliphatic carbocycles. The summed E-state index contributed by atoms with van der Waals surface area (Å²) < 4.78 is 1.37. The molecule has 0 bridgehead atoms. The summed E-state index contributed by atoms with van der Waals surface area (Å²) in [6, 6.07) is 20.0. The largest absolute Gasteiger partial charge is 0.507 e. The van der Waals surface area contributed by atoms with Crippen LogP contribution < -0.4 is 11.1 Å². The lowest BCUT2D eigenvalue weighted by Crippen LogP contribution is -2.14. The van der Waals surface area contributed by atoms with Crippen molar-refractivity contribution in [2.24, 2.45) is 5.10 Å². The number of benzene rings is 3. The predicted octanol–water partition coefficient (Wildman–Crippen LogP) is 4.62. The van der Waals surface area contributed by atoms with Crippen LogP contribution in [0.15, 0.2) is 71.8 Å². The van der Waals surface area contributed by atoms with Crippen molar-refractivity contribution in [2.45, 2.75) is 13.8 Å². The Hall–Kier alpha value is -4.72. The molecule has 0 unspecified atom stereocenters. The van der Waals surface area contributed by atoms with Crippen molar-refractivity contribution >= 4 is 45.8 Å². The molecular weight excluding hydrogens is 428 g/mol. The Morgan fingerprint density at radius 1 is 1.00 bits per heavy atom. The molecule has 0 aliphatic rings. The highest BCUT2D eigenvalue weighted by atomic mass is 16.3. The van der Waals surface area contributed by atoms with E-state index in [0.717, 1.165) is 11.1 Å². The first-order valence-corrected chi connectivity index (χ1v) is 10.7. The summed E-state index contributed by atoms with van der Waals surface area (Å²) in [5.41, 5.74) is 11.8. The van der Waals surface area contributed by atoms with Crippen LogP contribution in [0.4, 0.5) is 11.5 Å². The second-order valence-electron chi connectivity index (χ2n) is 8.09. The molecule has 0 atom stereocenters. The summed E-state index contributed by atoms with van der Waals surface area (Å²) in [5.74, 6) is -0.238. The molecule has 4 N–H and O–H groups in total. The fraction of sp³-hybridized carbons (Fsp3) is 0.0769. The van der Waals surface area contributed by atoms with Gasteiger partial charge < -0.3 is 16.2 Å². The highest BCUT2D eigenvalue weighted by Gasteiger charge is 2.24. The number of hydrogen-bond acceptors (Lipinski definition) is 6. The normalized spacial score (nSPS) is 11.5. The minimum Gasteiger partial charge on any atom is -0.507 e. The summed E-state index contributed by atoms with van der Waals surface area (Å²) in [6.07, 6.45) is 1.47. The van der Waals surface area contributed by atoms with Crippen molar-refractivity contribution < 1.29 is 9.90 Å². The van der Waals surface area contributed by atoms with Gasteiger partial charge in [-0.2, -0.15) is 9.78 Å². The Balaban J connectivity index is 1.67. The van der Waals surface area contributed by atoms with Gasteiger partial charge in [0.05, 0.1) is 17.2 Å². The van der Waals surface area contributed by atoms with Gasteiger partial charge in [-0.25, -0.2) is 9.97 Å². The van der Waals surface area contributed by atoms with Crippen LogP contribution in [0.5, 0.6) is 5.75 Å². The molecule has 3 aromatic carbocycles. The summed E-state index contributed by atoms with van der Waals surface area (Å²) in [5, 5.41) is 17.5. The van der Waals surface area contributed by atoms with Gasteiger partial charge in [0.1, 0.15) is 22.6 Å². The van der Waals surface area contributed by atoms with Gasteiger partial charge in [0, 0.05) is 11.3 Å². The maximum atomic E-state index is 13.4. The topological polar surface area (TPSA) is 118 Å². The monoisotopic (exact) mass is 450 g/mol. The van der Waals surface area contributed by atoms with Crippen molar-refractivity contribution in [3.63, 3.8) is 0 Å². The molecule has 0 radical (unpaired) electrons. The molecule has 8 heteroatoms. The maximum absolute atomic E-state index is 13.4. The number of aromatic hydroxyl groups is 1. The number of aromatic nitrogens is 3. The van der Waals surface area contributed by atoms with Crippen LogP contribution in [0, 0.1) is 13.8 Å². The third-order valence-electron chi connectivity index (χ3n) is 5.43. The fourth-order valence-electron chi connectivity index (χ4n) is 3.95. The first kappa shape index (κ1) is 21.1. The molecule has 5 rings (SSSR count). The van der Waals surface area contributed by atoms with Crippen molar-refractivity contribution in [3.05, 3.63) is 89.0 Å². The maximum Gasteiger partial charge on any atom is 0.261 e. The number of aryl methyl sites for hydroxylation is 2. The van der Waals surface area contributed by atoms with E-state index < -0.39 is 5.91 Å². The van der Waals surface area contributed by atoms with Gasteiger partial charge in [-0.15, -0.1) is 0 Å². The number of nitrogens with zero attached hydrogens (tertiary/aromatic N) is 4. The smallest absolute Gasteiger partial charge is 0.261 e. The summed E-state index contributed by atoms with van der Waals surface area (Å²) in [6.45, 7) is 3.93. The first-order chi connectivity index (χ1) is 16.4. The van der Waals surface area contributed by atoms with Gasteiger partial charge in [-0.3, -0.25) is 4.79 Å². The Morgan fingerprint density at radius 3 is 2.35 bits per heavy atom. The molecular formula is C26H22N6O2. The number of fused-ring (bicyclic) bond motifs is 2. The average Bonchev–Trinajstić information content (AvgIpc) is 3.06. The Morgan fingerprint density at radius 2 is 1.65 bits per heavy atom. The van der Waals surface area contributed by atoms with Crippen LogP contribution >= 0.6 is 0 Å². The summed E-state index contributed by atoms with van der Waals surface area (Å²) >= 11 is 0. The Kier molecular flexibility index (Phi) is 5.18. The molecule has 168 valence electrons. The number of carbonyl (C=O) groups excluding carboxylic acids is 1. The second-order valence-corrected chi connectivity index (χ2v) is 8.09. The number of para-hydroxylation sites is 3. The Labute approximate surface area is 195 Å². The minimum absolute atomic E-state index is 0.0746. The van der Waals surface area contributed by atoms with Crippen LogP contribution in [-0.4, -0.2) is 31.9 Å². The number of hydrogen-bond donors (Lipinski definition) is 3. The highest BCUT2D eigenvalue weighted by Crippen LogP contribution is 2.29. The molecule has 2 aromatic heterocycles. The molecule has 8 nitrogen and oxygen atoms in total. The SMILES string of the molecule is Cc1cc(C)cc(NC(=O)c2c(N)n(N=Cc3ccccc3O)c3nc4ccccc4nc23)c1. The van der Waals surface area contributed by atoms with Crippen molar-refractivity contribution in [2.75, 3.05) is 11.1 Å². The highest BCUT2D eigenvalue weighted by molar-refractivity contribution is 6.16. The van der Waals surface area contributed by atoms with Gasteiger partial charge in [0.15, 0.2) is 5.65 Å². The van der Waals surface area contributed by atoms with Crippen LogP contribution in [0.25, 0.3) is 22.2 Å². The zero-order valence-corrected chi connectivity index (χ0v) is 18.6. The van der Waals surface area contributed by atoms with Crippen LogP contribution in [0.1, 0.15) is 27.0 Å². The average molecular weight is 451 g/mol. The fourth-order valence-corrected chi connectivity index (χ4v) is 3.95. The first-order valence-electron chi connectivity index (χ1n) is 10.7. The van der Waals surface area contributed by atoms with E-state index in [9.17, 15) is 9.90 Å². The number of phenolic OH excluding ortho intramolecular Hbond substituents is 1. The molecule has 0 saturated heterocycles. The van der Waals surface area contributed by atoms with Gasteiger partial charge in [0.25, 0.3) is 5.91 Å². The van der Waals surface area contributed by atoms with Gasteiger partial charge >= 0.3 is 0 Å². The molecule has 0 spiro atoms. The molecule has 0 fully saturated rings. The van der Waals surface area contributed by atoms with E-state index in [1.807, 2.05) is 56.3 Å². The zero-order valence-electron chi connectivity index (χ0n) is 18.6. The molecule has 1 amide bonds. The van der Waals surface area contributed by atoms with E-state index in [1.165, 1.54) is 10.9 Å². The van der Waals surface area contributed by atoms with Crippen molar-refractivity contribution in [3.8, 4) is 5.75 Å². The quantitative estimate of drug-likeness (QED) is 0.345. The number of nitrogens with one attached hydrogen (secondary N) is 1. The van der Waals surface area contributed by atoms with Gasteiger partial charge in [-0.1, -0.05) is 30.3 Å². The van der Waals surface area contributed by atoms with Crippen LogP contribution in [-0.2, 0) is 0 Å². The second kappa shape index (κ2) is 8.32. The molecule has 34 heavy (non-hydrogen) atoms. The number of nitrogen functional groups attached to an aromatic ring is 1. The number of phenols is 1. The standard InChI is InChI=1S/C26H22N6O2/c1-15-11-16(2)13-18(12-15)29-26(34)22-23-25(31-20-9-5-4-8-19(20)30-23)32(24(22)27)28-14-17-7-3-6-10-21(17)33/h3-14,33H,27H2,1-2H3,(H,29,34). The summed E-state index contributed by atoms with van der Waals surface area (Å²) in [4.78, 5) is 22.7. The molecule has 0 saturated carbocycles. The van der Waals surface area contributed by atoms with E-state index in [0.29, 0.717) is 33.4 Å². The number of amides is 1. The summed E-state index contributed by atoms with van der Waals surface area (Å²) in [7, 11) is 0. The van der Waals surface area contributed by atoms with E-state index >= 15 is 0 Å². The minimum atomic E-state index is -0.409. The van der Waals surface area contributed by atoms with E-state index in [-0.39, 0.29) is 17.1 Å². The molecule has 5 aromatic rings. The van der Waals surface area contributed by atoms with Crippen LogP contribution in [0.3, 0.4) is 0 Å². The van der Waals surface area contributed by atoms with Crippen molar-refractivity contribution in [1.82, 2.24) is 14.6 Å². The zero-order chi connectivity index (χ0) is 23.8. The number of rotatable bonds is 4. The number of carbonyl (C=O) groups is 1. The van der Waals surface area contributed by atoms with E-state index in [4.69, 9.17) is 5.73 Å². The lowest BCUT2D eigenvalue weighted by atomic mass is 10.1. The predicted molar refractivity (Wildman–Crippen MR) is 134 cm³/mol. The van der Waals surface area contributed by atoms with Gasteiger partial charge in [-0.05, 0) is 61.4 Å². The lowest BCUT2D eigenvalue weighted by molar-refractivity contribution is 0.102. The Bertz CT molecular complexity index is 1580. The van der Waals surface area contributed by atoms with E-state index in [2.05, 4.69) is 20.4 Å². The number of nitrogens with two attached hydrogens (primary N) is 1. The van der Waals surface area contributed by atoms with Crippen molar-refractivity contribution in [1.29, 1.82) is 0 Å².